The summed E-state index contributed by atoms with van der Waals surface area (Å²) in [5.74, 6) is -0.418. The predicted octanol–water partition coefficient (Wildman–Crippen LogP) is 3.46. The number of nitriles is 1. The number of aromatic nitrogens is 6. The molecule has 4 aromatic heterocycles. The van der Waals surface area contributed by atoms with Crippen molar-refractivity contribution in [3.05, 3.63) is 60.8 Å². The fourth-order valence-electron chi connectivity index (χ4n) is 5.60. The first-order chi connectivity index (χ1) is 18.8. The number of piperidine rings is 1. The fraction of sp³-hybridized carbons (Fsp3) is 0.385. The lowest BCUT2D eigenvalue weighted by atomic mass is 9.83. The molecule has 2 aliphatic rings. The Morgan fingerprint density at radius 3 is 2.62 bits per heavy atom. The molecule has 6 rings (SSSR count). The molecule has 0 bridgehead atoms. The molecule has 1 amide bonds. The van der Waals surface area contributed by atoms with Gasteiger partial charge in [-0.2, -0.15) is 18.4 Å². The van der Waals surface area contributed by atoms with E-state index < -0.39 is 17.8 Å². The van der Waals surface area contributed by atoms with E-state index >= 15 is 0 Å². The van der Waals surface area contributed by atoms with Gasteiger partial charge in [-0.25, -0.2) is 19.9 Å². The Hall–Kier alpha value is -4.31. The third-order valence-electron chi connectivity index (χ3n) is 7.70. The van der Waals surface area contributed by atoms with Crippen LogP contribution in [0.2, 0.25) is 0 Å². The number of H-pyrrole nitrogens is 1. The van der Waals surface area contributed by atoms with E-state index in [1.165, 1.54) is 6.33 Å². The summed E-state index contributed by atoms with van der Waals surface area (Å²) in [5, 5.41) is 10.5. The topological polar surface area (TPSA) is 120 Å². The zero-order valence-electron chi connectivity index (χ0n) is 20.8. The summed E-state index contributed by atoms with van der Waals surface area (Å²) < 4.78 is 40.3. The van der Waals surface area contributed by atoms with Crippen LogP contribution in [0.25, 0.3) is 22.3 Å². The van der Waals surface area contributed by atoms with E-state index in [0.29, 0.717) is 38.8 Å². The number of carbonyl (C=O) groups is 1. The number of nitrogens with zero attached hydrogens (tertiary/aromatic N) is 8. The van der Waals surface area contributed by atoms with Gasteiger partial charge in [0.05, 0.1) is 36.1 Å². The predicted molar refractivity (Wildman–Crippen MR) is 133 cm³/mol. The second-order valence-corrected chi connectivity index (χ2v) is 10.0. The highest BCUT2D eigenvalue weighted by atomic mass is 19.4. The molecule has 0 aliphatic carbocycles. The van der Waals surface area contributed by atoms with Crippen LogP contribution in [0.1, 0.15) is 35.4 Å². The van der Waals surface area contributed by atoms with Crippen molar-refractivity contribution >= 4 is 16.9 Å². The number of alkyl halides is 3. The average Bonchev–Trinajstić information content (AvgIpc) is 3.60. The lowest BCUT2D eigenvalue weighted by molar-refractivity contribution is -0.141. The minimum atomic E-state index is -4.60. The van der Waals surface area contributed by atoms with Crippen molar-refractivity contribution in [2.45, 2.75) is 37.0 Å². The van der Waals surface area contributed by atoms with E-state index in [1.807, 2.05) is 30.7 Å². The molecule has 2 saturated heterocycles. The number of amides is 1. The number of hydrogen-bond donors (Lipinski definition) is 1. The van der Waals surface area contributed by atoms with Crippen molar-refractivity contribution < 1.29 is 18.0 Å². The number of halogens is 3. The molecule has 1 N–H and O–H groups in total. The summed E-state index contributed by atoms with van der Waals surface area (Å²) in [4.78, 5) is 35.6. The molecule has 0 atom stereocenters. The Kier molecular flexibility index (Phi) is 6.06. The van der Waals surface area contributed by atoms with Gasteiger partial charge in [0.2, 0.25) is 0 Å². The number of rotatable bonds is 5. The quantitative estimate of drug-likeness (QED) is 0.416. The molecule has 6 heterocycles. The van der Waals surface area contributed by atoms with E-state index in [4.69, 9.17) is 0 Å². The van der Waals surface area contributed by atoms with Gasteiger partial charge >= 0.3 is 6.18 Å². The molecule has 13 heteroatoms. The van der Waals surface area contributed by atoms with Crippen LogP contribution in [0, 0.1) is 11.3 Å². The maximum Gasteiger partial charge on any atom is 0.434 e. The monoisotopic (exact) mass is 535 g/mol. The third kappa shape index (κ3) is 4.50. The molecule has 39 heavy (non-hydrogen) atoms. The second-order valence-electron chi connectivity index (χ2n) is 10.0. The lowest BCUT2D eigenvalue weighted by Crippen LogP contribution is -2.66. The summed E-state index contributed by atoms with van der Waals surface area (Å²) in [7, 11) is 0. The van der Waals surface area contributed by atoms with Crippen LogP contribution < -0.4 is 0 Å². The smallest absolute Gasteiger partial charge is 0.346 e. The molecule has 10 nitrogen and oxygen atoms in total. The summed E-state index contributed by atoms with van der Waals surface area (Å²) in [6.07, 6.45) is 6.09. The average molecular weight is 536 g/mol. The van der Waals surface area contributed by atoms with Gasteiger partial charge < -0.3 is 14.5 Å². The van der Waals surface area contributed by atoms with E-state index in [2.05, 4.69) is 40.5 Å². The normalized spacial score (nSPS) is 18.2. The summed E-state index contributed by atoms with van der Waals surface area (Å²) in [5.41, 5.74) is 0.988. The Morgan fingerprint density at radius 1 is 1.13 bits per heavy atom. The molecular weight excluding hydrogens is 511 g/mol. The fourth-order valence-corrected chi connectivity index (χ4v) is 5.60. The Labute approximate surface area is 221 Å². The first-order valence-electron chi connectivity index (χ1n) is 12.5. The lowest BCUT2D eigenvalue weighted by Gasteiger charge is -2.54. The zero-order valence-corrected chi connectivity index (χ0v) is 20.8. The highest BCUT2D eigenvalue weighted by molar-refractivity contribution is 5.92. The van der Waals surface area contributed by atoms with Gasteiger partial charge in [-0.05, 0) is 25.0 Å². The van der Waals surface area contributed by atoms with Gasteiger partial charge in [0.15, 0.2) is 5.69 Å². The van der Waals surface area contributed by atoms with Crippen LogP contribution in [0.15, 0.2) is 49.4 Å². The van der Waals surface area contributed by atoms with Gasteiger partial charge in [-0.15, -0.1) is 0 Å². The highest BCUT2D eigenvalue weighted by Gasteiger charge is 2.47. The Morgan fingerprint density at radius 2 is 1.92 bits per heavy atom. The van der Waals surface area contributed by atoms with Gasteiger partial charge in [0.1, 0.15) is 17.7 Å². The van der Waals surface area contributed by atoms with Crippen molar-refractivity contribution in [2.24, 2.45) is 0 Å². The largest absolute Gasteiger partial charge is 0.434 e. The van der Waals surface area contributed by atoms with Crippen LogP contribution in [0.5, 0.6) is 0 Å². The van der Waals surface area contributed by atoms with Crippen molar-refractivity contribution in [3.63, 3.8) is 0 Å². The molecule has 0 radical (unpaired) electrons. The van der Waals surface area contributed by atoms with Gasteiger partial charge in [0.25, 0.3) is 5.91 Å². The van der Waals surface area contributed by atoms with E-state index in [0.717, 1.165) is 41.3 Å². The van der Waals surface area contributed by atoms with Crippen molar-refractivity contribution in [3.8, 4) is 17.3 Å². The molecule has 0 saturated carbocycles. The van der Waals surface area contributed by atoms with Crippen molar-refractivity contribution in [1.29, 1.82) is 5.26 Å². The van der Waals surface area contributed by atoms with Crippen LogP contribution in [0.4, 0.5) is 13.2 Å². The van der Waals surface area contributed by atoms with Crippen LogP contribution in [-0.2, 0) is 11.7 Å². The first-order valence-corrected chi connectivity index (χ1v) is 12.5. The van der Waals surface area contributed by atoms with Gasteiger partial charge in [0, 0.05) is 61.8 Å². The standard InChI is InChI=1S/C26H24F3N9O/c27-26(28,29)21-12-32-20(11-33-21)24(39)36-8-3-18(4-9-36)37-14-25(15-37,5-6-30)38-10-2-17(13-38)22-19-1-7-31-23(19)35-16-34-22/h1-2,7,10-13,16,18H,3-5,8-9,14-15H2,(H,31,34,35). The SMILES string of the molecule is N#CCC1(n2ccc(-c3ncnc4[nH]ccc34)c2)CN(C2CCN(C(=O)c3cnc(C(F)(F)F)cn3)CC2)C1. The molecule has 0 unspecified atom stereocenters. The van der Waals surface area contributed by atoms with Crippen LogP contribution in [0.3, 0.4) is 0 Å². The minimum absolute atomic E-state index is 0.0950. The number of aromatic amines is 1. The minimum Gasteiger partial charge on any atom is -0.346 e. The highest BCUT2D eigenvalue weighted by Crippen LogP contribution is 2.38. The van der Waals surface area contributed by atoms with Crippen molar-refractivity contribution in [1.82, 2.24) is 39.3 Å². The maximum absolute atomic E-state index is 12.8. The number of hydrogen-bond acceptors (Lipinski definition) is 7. The molecule has 2 aliphatic heterocycles. The number of nitrogens with one attached hydrogen (secondary N) is 1. The second kappa shape index (κ2) is 9.46. The van der Waals surface area contributed by atoms with Crippen LogP contribution >= 0.6 is 0 Å². The Bertz CT molecular complexity index is 1540. The number of likely N-dealkylation sites (tertiary alicyclic amines) is 2. The summed E-state index contributed by atoms with van der Waals surface area (Å²) in [6.45, 7) is 2.37. The van der Waals surface area contributed by atoms with Crippen molar-refractivity contribution in [2.75, 3.05) is 26.2 Å². The molecule has 0 aromatic carbocycles. The van der Waals surface area contributed by atoms with Gasteiger partial charge in [-0.1, -0.05) is 0 Å². The van der Waals surface area contributed by atoms with Gasteiger partial charge in [-0.3, -0.25) is 9.69 Å². The molecule has 4 aromatic rings. The first kappa shape index (κ1) is 25.0. The number of carbonyl (C=O) groups excluding carboxylic acids is 1. The number of fused-ring (bicyclic) bond motifs is 1. The molecule has 2 fully saturated rings. The van der Waals surface area contributed by atoms with E-state index in [9.17, 15) is 23.2 Å². The van der Waals surface area contributed by atoms with Crippen LogP contribution in [-0.4, -0.2) is 77.4 Å². The molecular formula is C26H24F3N9O. The molecule has 200 valence electrons. The Balaban J connectivity index is 1.09. The zero-order chi connectivity index (χ0) is 27.2. The summed E-state index contributed by atoms with van der Waals surface area (Å²) in [6, 6.07) is 6.54. The van der Waals surface area contributed by atoms with E-state index in [1.54, 1.807) is 4.90 Å². The maximum atomic E-state index is 12.8. The molecule has 0 spiro atoms. The third-order valence-corrected chi connectivity index (χ3v) is 7.70. The summed E-state index contributed by atoms with van der Waals surface area (Å²) >= 11 is 0. The van der Waals surface area contributed by atoms with E-state index in [-0.39, 0.29) is 17.3 Å².